The molecule has 0 aromatic heterocycles. The van der Waals surface area contributed by atoms with E-state index < -0.39 is 9.84 Å². The van der Waals surface area contributed by atoms with Gasteiger partial charge >= 0.3 is 0 Å². The minimum atomic E-state index is -2.99. The molecule has 1 aliphatic heterocycles. The van der Waals surface area contributed by atoms with Gasteiger partial charge in [0.1, 0.15) is 5.75 Å². The fraction of sp³-hybridized carbons (Fsp3) is 0.278. The van der Waals surface area contributed by atoms with Crippen LogP contribution < -0.4 is 10.1 Å². The molecule has 5 nitrogen and oxygen atoms in total. The van der Waals surface area contributed by atoms with E-state index in [9.17, 15) is 13.2 Å². The van der Waals surface area contributed by atoms with E-state index in [1.165, 1.54) is 6.08 Å². The number of hydrogen-bond acceptors (Lipinski definition) is 4. The third-order valence-corrected chi connectivity index (χ3v) is 5.85. The highest BCUT2D eigenvalue weighted by Gasteiger charge is 2.28. The first kappa shape index (κ1) is 16.5. The van der Waals surface area contributed by atoms with Crippen molar-refractivity contribution < 1.29 is 17.9 Å². The third kappa shape index (κ3) is 3.94. The van der Waals surface area contributed by atoms with Crippen molar-refractivity contribution in [3.05, 3.63) is 48.0 Å². The number of sulfone groups is 1. The van der Waals surface area contributed by atoms with Gasteiger partial charge in [-0.15, -0.1) is 0 Å². The first-order valence-corrected chi connectivity index (χ1v) is 9.54. The lowest BCUT2D eigenvalue weighted by atomic mass is 10.1. The second-order valence-corrected chi connectivity index (χ2v) is 8.14. The smallest absolute Gasteiger partial charge is 0.244 e. The fourth-order valence-corrected chi connectivity index (χ4v) is 4.48. The predicted molar refractivity (Wildman–Crippen MR) is 94.7 cm³/mol. The minimum absolute atomic E-state index is 0.0321. The Morgan fingerprint density at radius 3 is 2.67 bits per heavy atom. The maximum atomic E-state index is 11.9. The summed E-state index contributed by atoms with van der Waals surface area (Å²) in [6.07, 6.45) is 3.65. The van der Waals surface area contributed by atoms with Crippen molar-refractivity contribution >= 4 is 32.6 Å². The van der Waals surface area contributed by atoms with E-state index >= 15 is 0 Å². The van der Waals surface area contributed by atoms with Crippen LogP contribution in [-0.2, 0) is 14.6 Å². The number of hydrogen-bond donors (Lipinski definition) is 1. The van der Waals surface area contributed by atoms with Gasteiger partial charge in [0, 0.05) is 12.1 Å². The fourth-order valence-electron chi connectivity index (χ4n) is 2.80. The Morgan fingerprint density at radius 2 is 1.96 bits per heavy atom. The number of amides is 1. The van der Waals surface area contributed by atoms with Gasteiger partial charge in [0.25, 0.3) is 0 Å². The molecule has 1 aliphatic rings. The molecule has 1 fully saturated rings. The molecule has 1 saturated heterocycles. The molecule has 1 N–H and O–H groups in total. The lowest BCUT2D eigenvalue weighted by Crippen LogP contribution is -2.34. The molecule has 1 amide bonds. The number of ether oxygens (including phenoxy) is 1. The Kier molecular flexibility index (Phi) is 4.57. The van der Waals surface area contributed by atoms with Crippen molar-refractivity contribution in [3.8, 4) is 5.75 Å². The highest BCUT2D eigenvalue weighted by molar-refractivity contribution is 7.91. The summed E-state index contributed by atoms with van der Waals surface area (Å²) in [5.41, 5.74) is 0.905. The molecule has 0 bridgehead atoms. The zero-order chi connectivity index (χ0) is 17.2. The number of carbonyl (C=O) groups is 1. The van der Waals surface area contributed by atoms with Gasteiger partial charge in [-0.1, -0.05) is 18.2 Å². The number of methoxy groups -OCH3 is 1. The normalized spacial score (nSPS) is 19.6. The van der Waals surface area contributed by atoms with E-state index in [4.69, 9.17) is 4.74 Å². The molecular weight excluding hydrogens is 326 g/mol. The van der Waals surface area contributed by atoms with Crippen LogP contribution in [0.25, 0.3) is 16.8 Å². The van der Waals surface area contributed by atoms with Crippen LogP contribution >= 0.6 is 0 Å². The lowest BCUT2D eigenvalue weighted by Gasteiger charge is -2.08. The Morgan fingerprint density at radius 1 is 1.21 bits per heavy atom. The second-order valence-electron chi connectivity index (χ2n) is 5.91. The van der Waals surface area contributed by atoms with Crippen LogP contribution in [-0.4, -0.2) is 39.0 Å². The second kappa shape index (κ2) is 6.65. The standard InChI is InChI=1S/C18H19NO4S/c1-23-17-6-5-14-10-13(2-4-15(14)11-17)3-7-18(20)19-16-8-9-24(21,22)12-16/h2-7,10-11,16H,8-9,12H2,1H3,(H,19,20)/b7-3+. The average molecular weight is 345 g/mol. The number of carbonyl (C=O) groups excluding carboxylic acids is 1. The van der Waals surface area contributed by atoms with Gasteiger partial charge < -0.3 is 10.1 Å². The summed E-state index contributed by atoms with van der Waals surface area (Å²) in [4.78, 5) is 11.9. The zero-order valence-corrected chi connectivity index (χ0v) is 14.2. The first-order valence-electron chi connectivity index (χ1n) is 7.72. The molecule has 3 rings (SSSR count). The van der Waals surface area contributed by atoms with Crippen molar-refractivity contribution in [2.24, 2.45) is 0 Å². The summed E-state index contributed by atoms with van der Waals surface area (Å²) < 4.78 is 28.0. The first-order chi connectivity index (χ1) is 11.4. The maximum Gasteiger partial charge on any atom is 0.244 e. The molecule has 126 valence electrons. The van der Waals surface area contributed by atoms with Crippen molar-refractivity contribution in [2.75, 3.05) is 18.6 Å². The van der Waals surface area contributed by atoms with Gasteiger partial charge in [0.2, 0.25) is 5.91 Å². The minimum Gasteiger partial charge on any atom is -0.497 e. The third-order valence-electron chi connectivity index (χ3n) is 4.08. The molecule has 1 atom stereocenters. The molecule has 2 aromatic rings. The van der Waals surface area contributed by atoms with Gasteiger partial charge in [-0.3, -0.25) is 4.79 Å². The van der Waals surface area contributed by atoms with Gasteiger partial charge in [-0.05, 0) is 47.0 Å². The Bertz CT molecular complexity index is 902. The van der Waals surface area contributed by atoms with E-state index in [1.54, 1.807) is 13.2 Å². The number of fused-ring (bicyclic) bond motifs is 1. The molecule has 24 heavy (non-hydrogen) atoms. The highest BCUT2D eigenvalue weighted by atomic mass is 32.2. The molecule has 2 aromatic carbocycles. The van der Waals surface area contributed by atoms with Crippen molar-refractivity contribution in [2.45, 2.75) is 12.5 Å². The monoisotopic (exact) mass is 345 g/mol. The van der Waals surface area contributed by atoms with Crippen molar-refractivity contribution in [1.82, 2.24) is 5.32 Å². The number of benzene rings is 2. The maximum absolute atomic E-state index is 11.9. The van der Waals surface area contributed by atoms with Gasteiger partial charge in [-0.25, -0.2) is 8.42 Å². The van der Waals surface area contributed by atoms with Crippen LogP contribution in [0.3, 0.4) is 0 Å². The molecule has 1 unspecified atom stereocenters. The van der Waals surface area contributed by atoms with Crippen molar-refractivity contribution in [3.63, 3.8) is 0 Å². The van der Waals surface area contributed by atoms with Crippen LogP contribution in [0.1, 0.15) is 12.0 Å². The molecule has 0 spiro atoms. The van der Waals surface area contributed by atoms with Gasteiger partial charge in [0.05, 0.1) is 18.6 Å². The quantitative estimate of drug-likeness (QED) is 0.862. The predicted octanol–water partition coefficient (Wildman–Crippen LogP) is 2.16. The summed E-state index contributed by atoms with van der Waals surface area (Å²) in [7, 11) is -1.36. The number of rotatable bonds is 4. The summed E-state index contributed by atoms with van der Waals surface area (Å²) in [6.45, 7) is 0. The van der Waals surface area contributed by atoms with E-state index in [1.807, 2.05) is 36.4 Å². The van der Waals surface area contributed by atoms with E-state index in [-0.39, 0.29) is 23.5 Å². The Balaban J connectivity index is 1.67. The largest absolute Gasteiger partial charge is 0.497 e. The van der Waals surface area contributed by atoms with E-state index in [2.05, 4.69) is 5.32 Å². The molecule has 1 heterocycles. The van der Waals surface area contributed by atoms with Crippen LogP contribution in [0.4, 0.5) is 0 Å². The lowest BCUT2D eigenvalue weighted by molar-refractivity contribution is -0.116. The molecule has 0 aliphatic carbocycles. The zero-order valence-electron chi connectivity index (χ0n) is 13.4. The molecular formula is C18H19NO4S. The average Bonchev–Trinajstić information content (AvgIpc) is 2.90. The highest BCUT2D eigenvalue weighted by Crippen LogP contribution is 2.22. The topological polar surface area (TPSA) is 72.5 Å². The van der Waals surface area contributed by atoms with Crippen LogP contribution in [0.2, 0.25) is 0 Å². The van der Waals surface area contributed by atoms with E-state index in [0.29, 0.717) is 6.42 Å². The van der Waals surface area contributed by atoms with E-state index in [0.717, 1.165) is 22.1 Å². The Labute approximate surface area is 141 Å². The molecule has 0 radical (unpaired) electrons. The van der Waals surface area contributed by atoms with Crippen LogP contribution in [0, 0.1) is 0 Å². The van der Waals surface area contributed by atoms with Gasteiger partial charge in [0.15, 0.2) is 9.84 Å². The summed E-state index contributed by atoms with van der Waals surface area (Å²) in [5, 5.41) is 4.85. The van der Waals surface area contributed by atoms with Crippen molar-refractivity contribution in [1.29, 1.82) is 0 Å². The summed E-state index contributed by atoms with van der Waals surface area (Å²) in [5.74, 6) is 0.712. The summed E-state index contributed by atoms with van der Waals surface area (Å²) >= 11 is 0. The van der Waals surface area contributed by atoms with Gasteiger partial charge in [-0.2, -0.15) is 0 Å². The summed E-state index contributed by atoms with van der Waals surface area (Å²) in [6, 6.07) is 11.4. The van der Waals surface area contributed by atoms with Crippen LogP contribution in [0.15, 0.2) is 42.5 Å². The SMILES string of the molecule is COc1ccc2cc(/C=C/C(=O)NC3CCS(=O)(=O)C3)ccc2c1. The molecule has 6 heteroatoms. The number of nitrogens with one attached hydrogen (secondary N) is 1. The Hall–Kier alpha value is -2.34. The molecule has 0 saturated carbocycles. The van der Waals surface area contributed by atoms with Crippen LogP contribution in [0.5, 0.6) is 5.75 Å².